The Morgan fingerprint density at radius 1 is 1.71 bits per heavy atom. The van der Waals surface area contributed by atoms with Crippen molar-refractivity contribution in [3.8, 4) is 6.07 Å². The molecular formula is C9H9N3O2. The Bertz CT molecular complexity index is 371. The van der Waals surface area contributed by atoms with E-state index in [4.69, 9.17) is 10.4 Å². The summed E-state index contributed by atoms with van der Waals surface area (Å²) >= 11 is 0. The van der Waals surface area contributed by atoms with E-state index in [1.54, 1.807) is 12.1 Å². The number of anilines is 1. The Balaban J connectivity index is 2.59. The molecule has 0 unspecified atom stereocenters. The van der Waals surface area contributed by atoms with Crippen LogP contribution in [0.25, 0.3) is 0 Å². The first-order chi connectivity index (χ1) is 6.74. The molecule has 0 fully saturated rings. The summed E-state index contributed by atoms with van der Waals surface area (Å²) in [6.45, 7) is 0.287. The molecule has 5 nitrogen and oxygen atoms in total. The highest BCUT2D eigenvalue weighted by molar-refractivity contribution is 5.67. The molecule has 1 heterocycles. The summed E-state index contributed by atoms with van der Waals surface area (Å²) in [4.78, 5) is 14.0. The van der Waals surface area contributed by atoms with Crippen LogP contribution < -0.4 is 5.32 Å². The van der Waals surface area contributed by atoms with Gasteiger partial charge in [0.25, 0.3) is 0 Å². The lowest BCUT2D eigenvalue weighted by Crippen LogP contribution is -2.08. The van der Waals surface area contributed by atoms with Crippen LogP contribution in [0.5, 0.6) is 0 Å². The summed E-state index contributed by atoms with van der Waals surface area (Å²) in [6.07, 6.45) is 1.53. The summed E-state index contributed by atoms with van der Waals surface area (Å²) in [7, 11) is 0. The van der Waals surface area contributed by atoms with Gasteiger partial charge >= 0.3 is 5.97 Å². The highest BCUT2D eigenvalue weighted by Crippen LogP contribution is 2.09. The van der Waals surface area contributed by atoms with Crippen LogP contribution in [-0.2, 0) is 4.79 Å². The molecule has 0 aromatic carbocycles. The molecule has 5 heteroatoms. The van der Waals surface area contributed by atoms with Crippen LogP contribution in [0.4, 0.5) is 5.69 Å². The fourth-order valence-electron chi connectivity index (χ4n) is 0.941. The van der Waals surface area contributed by atoms with Crippen LogP contribution in [0.3, 0.4) is 0 Å². The number of nitrogens with zero attached hydrogens (tertiary/aromatic N) is 2. The van der Waals surface area contributed by atoms with Crippen molar-refractivity contribution >= 4 is 11.7 Å². The van der Waals surface area contributed by atoms with Crippen LogP contribution in [0.1, 0.15) is 12.1 Å². The van der Waals surface area contributed by atoms with Gasteiger partial charge in [0.05, 0.1) is 12.1 Å². The molecule has 0 aliphatic rings. The Labute approximate surface area is 81.0 Å². The maximum Gasteiger partial charge on any atom is 0.305 e. The van der Waals surface area contributed by atoms with E-state index in [0.717, 1.165) is 0 Å². The lowest BCUT2D eigenvalue weighted by atomic mass is 10.3. The first-order valence-corrected chi connectivity index (χ1v) is 4.05. The van der Waals surface area contributed by atoms with Crippen molar-refractivity contribution in [1.82, 2.24) is 4.98 Å². The van der Waals surface area contributed by atoms with E-state index < -0.39 is 5.97 Å². The van der Waals surface area contributed by atoms with E-state index in [1.807, 2.05) is 6.07 Å². The Morgan fingerprint density at radius 3 is 3.14 bits per heavy atom. The minimum Gasteiger partial charge on any atom is -0.481 e. The van der Waals surface area contributed by atoms with E-state index in [-0.39, 0.29) is 18.7 Å². The molecule has 0 atom stereocenters. The standard InChI is InChI=1S/C9H9N3O2/c10-6-8-7(2-1-4-11-8)12-5-3-9(13)14/h1-2,4,12H,3,5H2,(H,13,14). The van der Waals surface area contributed by atoms with Crippen molar-refractivity contribution in [2.45, 2.75) is 6.42 Å². The number of aliphatic carboxylic acids is 1. The van der Waals surface area contributed by atoms with E-state index in [0.29, 0.717) is 5.69 Å². The van der Waals surface area contributed by atoms with Gasteiger partial charge in [0.2, 0.25) is 0 Å². The van der Waals surface area contributed by atoms with E-state index in [9.17, 15) is 4.79 Å². The van der Waals surface area contributed by atoms with Gasteiger partial charge in [-0.25, -0.2) is 4.98 Å². The zero-order valence-corrected chi connectivity index (χ0v) is 7.40. The second-order valence-electron chi connectivity index (χ2n) is 2.58. The lowest BCUT2D eigenvalue weighted by molar-refractivity contribution is -0.136. The van der Waals surface area contributed by atoms with Gasteiger partial charge in [0.15, 0.2) is 5.69 Å². The van der Waals surface area contributed by atoms with E-state index >= 15 is 0 Å². The molecule has 14 heavy (non-hydrogen) atoms. The van der Waals surface area contributed by atoms with Crippen LogP contribution >= 0.6 is 0 Å². The molecule has 0 saturated heterocycles. The second-order valence-corrected chi connectivity index (χ2v) is 2.58. The summed E-state index contributed by atoms with van der Waals surface area (Å²) in [5.74, 6) is -0.875. The average molecular weight is 191 g/mol. The minimum absolute atomic E-state index is 0.0137. The molecule has 0 saturated carbocycles. The Morgan fingerprint density at radius 2 is 2.50 bits per heavy atom. The number of carboxylic acid groups (broad SMARTS) is 1. The number of hydrogen-bond acceptors (Lipinski definition) is 4. The van der Waals surface area contributed by atoms with Crippen LogP contribution in [0, 0.1) is 11.3 Å². The number of carbonyl (C=O) groups is 1. The normalized spacial score (nSPS) is 9.07. The van der Waals surface area contributed by atoms with Gasteiger partial charge < -0.3 is 10.4 Å². The summed E-state index contributed by atoms with van der Waals surface area (Å²) in [5, 5.41) is 19.9. The first kappa shape index (κ1) is 9.99. The van der Waals surface area contributed by atoms with E-state index in [1.165, 1.54) is 6.20 Å². The van der Waals surface area contributed by atoms with E-state index in [2.05, 4.69) is 10.3 Å². The highest BCUT2D eigenvalue weighted by Gasteiger charge is 2.01. The van der Waals surface area contributed by atoms with Crippen molar-refractivity contribution in [2.75, 3.05) is 11.9 Å². The number of nitrogens with one attached hydrogen (secondary N) is 1. The van der Waals surface area contributed by atoms with Gasteiger partial charge in [0.1, 0.15) is 6.07 Å². The monoisotopic (exact) mass is 191 g/mol. The predicted octanol–water partition coefficient (Wildman–Crippen LogP) is 0.840. The van der Waals surface area contributed by atoms with Crippen molar-refractivity contribution in [3.63, 3.8) is 0 Å². The molecule has 1 rings (SSSR count). The molecule has 0 amide bonds. The number of rotatable bonds is 4. The topological polar surface area (TPSA) is 86.0 Å². The van der Waals surface area contributed by atoms with Crippen LogP contribution in [0.15, 0.2) is 18.3 Å². The minimum atomic E-state index is -0.875. The zero-order chi connectivity index (χ0) is 10.4. The predicted molar refractivity (Wildman–Crippen MR) is 49.7 cm³/mol. The molecule has 0 spiro atoms. The van der Waals surface area contributed by atoms with Gasteiger partial charge in [-0.1, -0.05) is 0 Å². The van der Waals surface area contributed by atoms with Crippen molar-refractivity contribution in [2.24, 2.45) is 0 Å². The van der Waals surface area contributed by atoms with Gasteiger partial charge in [-0.15, -0.1) is 0 Å². The maximum atomic E-state index is 10.2. The second kappa shape index (κ2) is 4.82. The van der Waals surface area contributed by atoms with Gasteiger partial charge in [-0.2, -0.15) is 5.26 Å². The average Bonchev–Trinajstić information content (AvgIpc) is 2.18. The quantitative estimate of drug-likeness (QED) is 0.736. The highest BCUT2D eigenvalue weighted by atomic mass is 16.4. The number of nitriles is 1. The van der Waals surface area contributed by atoms with Gasteiger partial charge in [-0.05, 0) is 12.1 Å². The summed E-state index contributed by atoms with van der Waals surface area (Å²) in [6, 6.07) is 5.29. The van der Waals surface area contributed by atoms with Crippen molar-refractivity contribution in [1.29, 1.82) is 5.26 Å². The molecule has 72 valence electrons. The lowest BCUT2D eigenvalue weighted by Gasteiger charge is -2.04. The Hall–Kier alpha value is -2.09. The molecular weight excluding hydrogens is 182 g/mol. The third-order valence-corrected chi connectivity index (χ3v) is 1.57. The molecule has 0 radical (unpaired) electrons. The zero-order valence-electron chi connectivity index (χ0n) is 7.40. The number of carboxylic acids is 1. The smallest absolute Gasteiger partial charge is 0.305 e. The SMILES string of the molecule is N#Cc1ncccc1NCCC(=O)O. The van der Waals surface area contributed by atoms with Crippen molar-refractivity contribution in [3.05, 3.63) is 24.0 Å². The molecule has 2 N–H and O–H groups in total. The molecule has 0 bridgehead atoms. The summed E-state index contributed by atoms with van der Waals surface area (Å²) in [5.41, 5.74) is 0.842. The molecule has 1 aromatic heterocycles. The molecule has 1 aromatic rings. The first-order valence-electron chi connectivity index (χ1n) is 4.05. The van der Waals surface area contributed by atoms with Crippen LogP contribution in [0.2, 0.25) is 0 Å². The molecule has 0 aliphatic carbocycles. The Kier molecular flexibility index (Phi) is 3.44. The maximum absolute atomic E-state index is 10.2. The fourth-order valence-corrected chi connectivity index (χ4v) is 0.941. The van der Waals surface area contributed by atoms with Gasteiger partial charge in [-0.3, -0.25) is 4.79 Å². The third-order valence-electron chi connectivity index (χ3n) is 1.57. The number of hydrogen-bond donors (Lipinski definition) is 2. The number of aromatic nitrogens is 1. The largest absolute Gasteiger partial charge is 0.481 e. The van der Waals surface area contributed by atoms with Gasteiger partial charge in [0, 0.05) is 12.7 Å². The van der Waals surface area contributed by atoms with Crippen molar-refractivity contribution < 1.29 is 9.90 Å². The summed E-state index contributed by atoms with van der Waals surface area (Å²) < 4.78 is 0. The number of pyridine rings is 1. The van der Waals surface area contributed by atoms with Crippen LogP contribution in [-0.4, -0.2) is 22.6 Å². The molecule has 0 aliphatic heterocycles. The fraction of sp³-hybridized carbons (Fsp3) is 0.222. The third kappa shape index (κ3) is 2.75.